The van der Waals surface area contributed by atoms with Crippen molar-refractivity contribution in [1.29, 1.82) is 0 Å². The predicted molar refractivity (Wildman–Crippen MR) is 34.8 cm³/mol. The van der Waals surface area contributed by atoms with E-state index in [1.165, 1.54) is 0 Å². The Kier molecular flexibility index (Phi) is 1.90. The van der Waals surface area contributed by atoms with Gasteiger partial charge in [-0.25, -0.2) is 0 Å². The molecule has 2 heteroatoms. The van der Waals surface area contributed by atoms with Crippen molar-refractivity contribution >= 4 is 0 Å². The first-order chi connectivity index (χ1) is 4.33. The monoisotopic (exact) mass is 126 g/mol. The van der Waals surface area contributed by atoms with Crippen molar-refractivity contribution in [2.24, 2.45) is 0 Å². The van der Waals surface area contributed by atoms with Crippen molar-refractivity contribution in [3.63, 3.8) is 0 Å². The Morgan fingerprint density at radius 3 is 3.11 bits per heavy atom. The lowest BCUT2D eigenvalue weighted by Gasteiger charge is -2.08. The van der Waals surface area contributed by atoms with Crippen LogP contribution in [0.15, 0.2) is 24.5 Å². The molecule has 1 aliphatic heterocycles. The Hall–Kier alpha value is -0.760. The van der Waals surface area contributed by atoms with Crippen molar-refractivity contribution < 1.29 is 9.47 Å². The smallest absolute Gasteiger partial charge is 0.220 e. The van der Waals surface area contributed by atoms with Gasteiger partial charge in [-0.05, 0) is 19.1 Å². The first kappa shape index (κ1) is 6.36. The second-order valence-electron chi connectivity index (χ2n) is 1.77. The zero-order valence-corrected chi connectivity index (χ0v) is 5.46. The van der Waals surface area contributed by atoms with Gasteiger partial charge in [-0.15, -0.1) is 0 Å². The Morgan fingerprint density at radius 2 is 2.67 bits per heavy atom. The molecule has 0 amide bonds. The average molecular weight is 126 g/mol. The molecule has 0 radical (unpaired) electrons. The number of ether oxygens (including phenoxy) is 2. The van der Waals surface area contributed by atoms with Crippen molar-refractivity contribution in [3.8, 4) is 0 Å². The first-order valence-corrected chi connectivity index (χ1v) is 2.98. The third-order valence-corrected chi connectivity index (χ3v) is 1.04. The second-order valence-corrected chi connectivity index (χ2v) is 1.77. The predicted octanol–water partition coefficient (Wildman–Crippen LogP) is 1.45. The largest absolute Gasteiger partial charge is 0.462 e. The molecule has 0 aliphatic carbocycles. The maximum Gasteiger partial charge on any atom is 0.220 e. The van der Waals surface area contributed by atoms with Crippen LogP contribution >= 0.6 is 0 Å². The summed E-state index contributed by atoms with van der Waals surface area (Å²) in [5.41, 5.74) is 0. The topological polar surface area (TPSA) is 18.5 Å². The van der Waals surface area contributed by atoms with Crippen LogP contribution in [0, 0.1) is 0 Å². The van der Waals surface area contributed by atoms with Crippen molar-refractivity contribution in [3.05, 3.63) is 24.5 Å². The normalized spacial score (nSPS) is 24.6. The van der Waals surface area contributed by atoms with Gasteiger partial charge in [0.05, 0.1) is 0 Å². The lowest BCUT2D eigenvalue weighted by Crippen LogP contribution is -2.08. The Morgan fingerprint density at radius 1 is 1.89 bits per heavy atom. The van der Waals surface area contributed by atoms with Gasteiger partial charge in [-0.2, -0.15) is 0 Å². The summed E-state index contributed by atoms with van der Waals surface area (Å²) in [7, 11) is 0. The van der Waals surface area contributed by atoms with Crippen molar-refractivity contribution in [2.75, 3.05) is 6.61 Å². The summed E-state index contributed by atoms with van der Waals surface area (Å²) in [4.78, 5) is 0. The minimum atomic E-state index is -0.192. The highest BCUT2D eigenvalue weighted by Gasteiger charge is 2.10. The van der Waals surface area contributed by atoms with E-state index in [2.05, 4.69) is 6.58 Å². The summed E-state index contributed by atoms with van der Waals surface area (Å²) in [6.45, 7) is 6.20. The maximum atomic E-state index is 5.10. The van der Waals surface area contributed by atoms with E-state index in [0.29, 0.717) is 12.4 Å². The highest BCUT2D eigenvalue weighted by Crippen LogP contribution is 2.12. The molecule has 0 bridgehead atoms. The molecule has 0 aromatic rings. The number of hydrogen-bond acceptors (Lipinski definition) is 2. The van der Waals surface area contributed by atoms with Gasteiger partial charge < -0.3 is 9.47 Å². The van der Waals surface area contributed by atoms with E-state index in [0.717, 1.165) is 0 Å². The molecule has 0 fully saturated rings. The molecular weight excluding hydrogens is 116 g/mol. The van der Waals surface area contributed by atoms with Crippen LogP contribution in [0.3, 0.4) is 0 Å². The fourth-order valence-electron chi connectivity index (χ4n) is 0.667. The Balaban J connectivity index is 2.32. The quantitative estimate of drug-likeness (QED) is 0.557. The maximum absolute atomic E-state index is 5.10. The third kappa shape index (κ3) is 1.57. The van der Waals surface area contributed by atoms with Crippen molar-refractivity contribution in [2.45, 2.75) is 13.2 Å². The van der Waals surface area contributed by atoms with Crippen LogP contribution in [-0.2, 0) is 9.47 Å². The molecule has 50 valence electrons. The summed E-state index contributed by atoms with van der Waals surface area (Å²) in [5, 5.41) is 0. The van der Waals surface area contributed by atoms with Gasteiger partial charge in [0, 0.05) is 6.61 Å². The van der Waals surface area contributed by atoms with Crippen LogP contribution in [0.1, 0.15) is 6.92 Å². The van der Waals surface area contributed by atoms with E-state index in [4.69, 9.17) is 9.47 Å². The van der Waals surface area contributed by atoms with Crippen LogP contribution in [0.25, 0.3) is 0 Å². The van der Waals surface area contributed by atoms with Crippen molar-refractivity contribution in [1.82, 2.24) is 0 Å². The fourth-order valence-corrected chi connectivity index (χ4v) is 0.667. The minimum absolute atomic E-state index is 0.192. The molecule has 9 heavy (non-hydrogen) atoms. The molecule has 0 spiro atoms. The molecule has 1 unspecified atom stereocenters. The van der Waals surface area contributed by atoms with Crippen LogP contribution in [0.5, 0.6) is 0 Å². The van der Waals surface area contributed by atoms with Gasteiger partial charge in [0.15, 0.2) is 0 Å². The molecule has 0 aromatic heterocycles. The molecule has 0 N–H and O–H groups in total. The zero-order valence-electron chi connectivity index (χ0n) is 5.46. The summed E-state index contributed by atoms with van der Waals surface area (Å²) in [6, 6.07) is 0. The molecule has 1 aliphatic rings. The Labute approximate surface area is 54.8 Å². The van der Waals surface area contributed by atoms with Gasteiger partial charge in [-0.3, -0.25) is 0 Å². The fraction of sp³-hybridized carbons (Fsp3) is 0.429. The van der Waals surface area contributed by atoms with Gasteiger partial charge in [-0.1, -0.05) is 6.58 Å². The highest BCUT2D eigenvalue weighted by molar-refractivity contribution is 5.14. The third-order valence-electron chi connectivity index (χ3n) is 1.04. The molecule has 0 aromatic carbocycles. The summed E-state index contributed by atoms with van der Waals surface area (Å²) >= 11 is 0. The molecule has 1 rings (SSSR count). The number of rotatable bonds is 2. The average Bonchev–Trinajstić information content (AvgIpc) is 2.17. The summed E-state index contributed by atoms with van der Waals surface area (Å²) in [6.07, 6.45) is 3.45. The lowest BCUT2D eigenvalue weighted by molar-refractivity contribution is -0.0657. The summed E-state index contributed by atoms with van der Waals surface area (Å²) < 4.78 is 10.2. The lowest BCUT2D eigenvalue weighted by atomic mass is 10.5. The standard InChI is InChI=1S/C7H10O2/c1-3-8-7-5-4-6(2)9-7/h4-5,7H,2-3H2,1H3. The zero-order chi connectivity index (χ0) is 6.69. The van der Waals surface area contributed by atoms with E-state index in [1.54, 1.807) is 6.08 Å². The van der Waals surface area contributed by atoms with E-state index >= 15 is 0 Å². The van der Waals surface area contributed by atoms with Crippen LogP contribution in [0.2, 0.25) is 0 Å². The van der Waals surface area contributed by atoms with Gasteiger partial charge in [0.25, 0.3) is 0 Å². The second kappa shape index (κ2) is 2.69. The minimum Gasteiger partial charge on any atom is -0.462 e. The SMILES string of the molecule is C=C1C=CC(OCC)O1. The number of allylic oxidation sites excluding steroid dienone is 1. The molecule has 2 nitrogen and oxygen atoms in total. The molecule has 1 atom stereocenters. The molecule has 1 heterocycles. The van der Waals surface area contributed by atoms with Crippen LogP contribution < -0.4 is 0 Å². The number of hydrogen-bond donors (Lipinski definition) is 0. The van der Waals surface area contributed by atoms with E-state index < -0.39 is 0 Å². The van der Waals surface area contributed by atoms with Gasteiger partial charge in [0.2, 0.25) is 6.29 Å². The Bertz CT molecular complexity index is 138. The molecular formula is C7H10O2. The van der Waals surface area contributed by atoms with E-state index in [-0.39, 0.29) is 6.29 Å². The van der Waals surface area contributed by atoms with Crippen LogP contribution in [0.4, 0.5) is 0 Å². The van der Waals surface area contributed by atoms with Gasteiger partial charge in [0.1, 0.15) is 5.76 Å². The van der Waals surface area contributed by atoms with Crippen LogP contribution in [-0.4, -0.2) is 12.9 Å². The molecule has 0 saturated heterocycles. The molecule has 0 saturated carbocycles. The van der Waals surface area contributed by atoms with E-state index in [1.807, 2.05) is 13.0 Å². The first-order valence-electron chi connectivity index (χ1n) is 2.98. The van der Waals surface area contributed by atoms with Gasteiger partial charge >= 0.3 is 0 Å². The summed E-state index contributed by atoms with van der Waals surface area (Å²) in [5.74, 6) is 0.674. The van der Waals surface area contributed by atoms with E-state index in [9.17, 15) is 0 Å². The highest BCUT2D eigenvalue weighted by atomic mass is 16.7.